The number of thiophene rings is 1. The van der Waals surface area contributed by atoms with Crippen molar-refractivity contribution < 1.29 is 13.7 Å². The van der Waals surface area contributed by atoms with Crippen LogP contribution in [0.2, 0.25) is 0 Å². The fraction of sp³-hybridized carbons (Fsp3) is 0. The molecule has 7 aromatic carbocycles. The minimum atomic E-state index is -0.586. The molecule has 10 rings (SSSR count). The molecule has 0 aliphatic heterocycles. The van der Waals surface area contributed by atoms with Gasteiger partial charge in [-0.25, -0.2) is 15.0 Å². The average molecular weight is 667 g/mol. The van der Waals surface area contributed by atoms with Crippen LogP contribution in [0.5, 0.6) is 0 Å². The molecule has 0 atom stereocenters. The van der Waals surface area contributed by atoms with Crippen molar-refractivity contribution in [1.29, 1.82) is 0 Å². The van der Waals surface area contributed by atoms with E-state index in [0.29, 0.717) is 11.1 Å². The summed E-state index contributed by atoms with van der Waals surface area (Å²) in [4.78, 5) is 14.8. The molecule has 0 aliphatic rings. The van der Waals surface area contributed by atoms with Gasteiger partial charge in [-0.3, -0.25) is 0 Å². The maximum absolute atomic E-state index is 9.34. The van der Waals surface area contributed by atoms with E-state index in [4.69, 9.17) is 27.3 Å². The van der Waals surface area contributed by atoms with Crippen molar-refractivity contribution in [3.63, 3.8) is 0 Å². The number of nitrogens with zero attached hydrogens (tertiary/aromatic N) is 4. The summed E-state index contributed by atoms with van der Waals surface area (Å²) in [6, 6.07) is 29.7. The number of hydrogen-bond donors (Lipinski definition) is 0. The van der Waals surface area contributed by atoms with Crippen molar-refractivity contribution in [2.75, 3.05) is 0 Å². The second-order valence-corrected chi connectivity index (χ2v) is 12.7. The van der Waals surface area contributed by atoms with Crippen molar-refractivity contribution >= 4 is 53.3 Å². The number of aromatic nitrogens is 4. The molecule has 0 spiro atoms. The van der Waals surface area contributed by atoms with Gasteiger partial charge >= 0.3 is 0 Å². The highest BCUT2D eigenvalue weighted by Gasteiger charge is 2.19. The van der Waals surface area contributed by atoms with Gasteiger partial charge in [0.05, 0.1) is 30.4 Å². The molecule has 4 nitrogen and oxygen atoms in total. The molecule has 5 heteroatoms. The van der Waals surface area contributed by atoms with Crippen LogP contribution in [-0.4, -0.2) is 19.5 Å². The van der Waals surface area contributed by atoms with Crippen molar-refractivity contribution in [3.8, 4) is 51.0 Å². The predicted octanol–water partition coefficient (Wildman–Crippen LogP) is 12.0. The SMILES string of the molecule is [2H]c1cc([2H])c(-n2c3c([2H])c([2H])c([2H])c([2H])c3c3c([2H])c([2H])c([2H])c([2H])c32)c(-c2nc(-c3ccccc3)nc(-c3cccc(-c4cccc5c4sc4ccccc45)c3)n2)c1. The van der Waals surface area contributed by atoms with Gasteiger partial charge in [-0.05, 0) is 47.5 Å². The average Bonchev–Trinajstić information content (AvgIpc) is 3.83. The number of fused-ring (bicyclic) bond motifs is 6. The molecule has 10 aromatic rings. The number of rotatable bonds is 5. The predicted molar refractivity (Wildman–Crippen MR) is 209 cm³/mol. The number of benzene rings is 7. The topological polar surface area (TPSA) is 43.6 Å². The fourth-order valence-electron chi connectivity index (χ4n) is 6.52. The van der Waals surface area contributed by atoms with Gasteiger partial charge in [0.25, 0.3) is 0 Å². The van der Waals surface area contributed by atoms with Crippen molar-refractivity contribution in [3.05, 3.63) is 170 Å². The van der Waals surface area contributed by atoms with Crippen molar-refractivity contribution in [1.82, 2.24) is 19.5 Å². The molecule has 0 fully saturated rings. The van der Waals surface area contributed by atoms with Gasteiger partial charge in [0.1, 0.15) is 0 Å². The molecule has 0 N–H and O–H groups in total. The summed E-state index contributed by atoms with van der Waals surface area (Å²) in [6.07, 6.45) is 0. The van der Waals surface area contributed by atoms with E-state index in [0.717, 1.165) is 21.2 Å². The quantitative estimate of drug-likeness (QED) is 0.184. The Labute approximate surface area is 306 Å². The van der Waals surface area contributed by atoms with E-state index in [1.165, 1.54) is 26.8 Å². The summed E-state index contributed by atoms with van der Waals surface area (Å²) in [5.74, 6) is 0.597. The summed E-state index contributed by atoms with van der Waals surface area (Å²) < 4.78 is 91.9. The first-order valence-corrected chi connectivity index (χ1v) is 16.7. The van der Waals surface area contributed by atoms with Gasteiger partial charge in [0.2, 0.25) is 0 Å². The van der Waals surface area contributed by atoms with Crippen LogP contribution in [0.4, 0.5) is 0 Å². The van der Waals surface area contributed by atoms with Crippen LogP contribution in [-0.2, 0) is 0 Å². The molecule has 0 saturated carbocycles. The lowest BCUT2D eigenvalue weighted by molar-refractivity contribution is 1.06. The van der Waals surface area contributed by atoms with Crippen molar-refractivity contribution in [2.24, 2.45) is 0 Å². The molecule has 0 radical (unpaired) electrons. The molecule has 234 valence electrons. The number of para-hydroxylation sites is 3. The van der Waals surface area contributed by atoms with E-state index in [9.17, 15) is 1.37 Å². The van der Waals surface area contributed by atoms with E-state index >= 15 is 0 Å². The summed E-state index contributed by atoms with van der Waals surface area (Å²) in [7, 11) is 0. The zero-order valence-electron chi connectivity index (χ0n) is 36.1. The normalized spacial score (nSPS) is 14.4. The largest absolute Gasteiger partial charge is 0.309 e. The summed E-state index contributed by atoms with van der Waals surface area (Å²) in [5.41, 5.74) is 3.04. The van der Waals surface area contributed by atoms with E-state index in [-0.39, 0.29) is 62.6 Å². The highest BCUT2D eigenvalue weighted by molar-refractivity contribution is 7.26. The van der Waals surface area contributed by atoms with E-state index in [2.05, 4.69) is 24.3 Å². The van der Waals surface area contributed by atoms with E-state index in [1.54, 1.807) is 11.3 Å². The van der Waals surface area contributed by atoms with E-state index < -0.39 is 48.3 Å². The Kier molecular flexibility index (Phi) is 4.69. The van der Waals surface area contributed by atoms with Crippen LogP contribution in [0.15, 0.2) is 170 Å². The molecule has 50 heavy (non-hydrogen) atoms. The fourth-order valence-corrected chi connectivity index (χ4v) is 7.76. The number of hydrogen-bond acceptors (Lipinski definition) is 4. The summed E-state index contributed by atoms with van der Waals surface area (Å²) >= 11 is 1.72. The van der Waals surface area contributed by atoms with Crippen LogP contribution in [0.3, 0.4) is 0 Å². The monoisotopic (exact) mass is 666 g/mol. The molecule has 0 aliphatic carbocycles. The van der Waals surface area contributed by atoms with Crippen LogP contribution in [0.1, 0.15) is 13.7 Å². The van der Waals surface area contributed by atoms with Crippen LogP contribution in [0, 0.1) is 0 Å². The highest BCUT2D eigenvalue weighted by atomic mass is 32.1. The van der Waals surface area contributed by atoms with Crippen LogP contribution < -0.4 is 0 Å². The minimum absolute atomic E-state index is 0.0325. The Morgan fingerprint density at radius 3 is 1.92 bits per heavy atom. The van der Waals surface area contributed by atoms with Crippen LogP contribution >= 0.6 is 11.3 Å². The van der Waals surface area contributed by atoms with Gasteiger partial charge < -0.3 is 4.57 Å². The second kappa shape index (κ2) is 11.6. The Hall–Kier alpha value is -6.43. The Morgan fingerprint density at radius 1 is 0.460 bits per heavy atom. The Balaban J connectivity index is 1.27. The molecule has 0 amide bonds. The molecule has 3 heterocycles. The third-order valence-corrected chi connectivity index (χ3v) is 10.00. The summed E-state index contributed by atoms with van der Waals surface area (Å²) in [6.45, 7) is 0. The molecule has 3 aromatic heterocycles. The Bertz CT molecular complexity index is 3380. The first-order valence-electron chi connectivity index (χ1n) is 20.9. The molecular formula is C45H28N4S. The van der Waals surface area contributed by atoms with Gasteiger partial charge in [-0.15, -0.1) is 11.3 Å². The van der Waals surface area contributed by atoms with E-state index in [1.807, 2.05) is 72.8 Å². The van der Waals surface area contributed by atoms with Gasteiger partial charge in [0.15, 0.2) is 17.5 Å². The molecule has 0 bridgehead atoms. The lowest BCUT2D eigenvalue weighted by Crippen LogP contribution is -2.03. The first kappa shape index (κ1) is 20.2. The first-order chi connectivity index (χ1) is 28.9. The van der Waals surface area contributed by atoms with Gasteiger partial charge in [-0.2, -0.15) is 0 Å². The summed E-state index contributed by atoms with van der Waals surface area (Å²) in [5, 5.41) is 2.08. The zero-order chi connectivity index (χ0) is 41.7. The standard InChI is InChI=1S/C45H28N4S/c1-2-14-29(15-3-1)43-46-44(31-17-12-16-30(28-31)32-22-13-23-36-35-20-7-11-27-41(35)50-42(32)36)48-45(47-43)37-21-6-10-26-40(37)49-38-24-8-4-18-33(38)34-19-5-9-25-39(34)49/h1-28H/i4D,5D,6D,8D,9D,18D,19D,24D,25D,26D. The van der Waals surface area contributed by atoms with Gasteiger partial charge in [0, 0.05) is 47.6 Å². The third-order valence-electron chi connectivity index (χ3n) is 8.78. The lowest BCUT2D eigenvalue weighted by atomic mass is 10.0. The minimum Gasteiger partial charge on any atom is -0.309 e. The molecular weight excluding hydrogens is 629 g/mol. The zero-order valence-corrected chi connectivity index (χ0v) is 26.9. The maximum atomic E-state index is 9.34. The second-order valence-electron chi connectivity index (χ2n) is 11.7. The third kappa shape index (κ3) is 4.63. The smallest absolute Gasteiger partial charge is 0.166 e. The maximum Gasteiger partial charge on any atom is 0.166 e. The molecule has 0 saturated heterocycles. The molecule has 0 unspecified atom stereocenters. The van der Waals surface area contributed by atoms with Crippen molar-refractivity contribution in [2.45, 2.75) is 0 Å². The lowest BCUT2D eigenvalue weighted by Gasteiger charge is -2.14. The highest BCUT2D eigenvalue weighted by Crippen LogP contribution is 2.41. The Morgan fingerprint density at radius 2 is 1.10 bits per heavy atom. The van der Waals surface area contributed by atoms with Crippen LogP contribution in [0.25, 0.3) is 93.0 Å². The van der Waals surface area contributed by atoms with Gasteiger partial charge in [-0.1, -0.05) is 133 Å².